The molecule has 0 unspecified atom stereocenters. The maximum Gasteiger partial charge on any atom is 0.329 e. The molecule has 2 aliphatic heterocycles. The van der Waals surface area contributed by atoms with Crippen LogP contribution in [0.3, 0.4) is 0 Å². The Balaban J connectivity index is 1.54. The predicted octanol–water partition coefficient (Wildman–Crippen LogP) is 2.98. The van der Waals surface area contributed by atoms with Crippen LogP contribution in [0.25, 0.3) is 11.3 Å². The number of rotatable bonds is 2. The van der Waals surface area contributed by atoms with E-state index in [-0.39, 0.29) is 12.1 Å². The second-order valence-corrected chi connectivity index (χ2v) is 7.30. The van der Waals surface area contributed by atoms with Gasteiger partial charge < -0.3 is 4.90 Å². The van der Waals surface area contributed by atoms with Crippen molar-refractivity contribution < 1.29 is 4.79 Å². The van der Waals surface area contributed by atoms with Crippen LogP contribution in [0.2, 0.25) is 0 Å². The molecule has 2 amide bonds. The van der Waals surface area contributed by atoms with Gasteiger partial charge in [-0.2, -0.15) is 10.4 Å². The summed E-state index contributed by atoms with van der Waals surface area (Å²) in [7, 11) is 1.81. The largest absolute Gasteiger partial charge is 0.366 e. The number of pyridine rings is 1. The zero-order valence-corrected chi connectivity index (χ0v) is 15.9. The topological polar surface area (TPSA) is 90.1 Å². The first-order valence-corrected chi connectivity index (χ1v) is 9.49. The maximum absolute atomic E-state index is 13.1. The maximum atomic E-state index is 13.1. The van der Waals surface area contributed by atoms with E-state index >= 15 is 0 Å². The highest BCUT2D eigenvalue weighted by atomic mass is 16.2. The highest BCUT2D eigenvalue weighted by molar-refractivity contribution is 6.04. The second-order valence-electron chi connectivity index (χ2n) is 7.30. The fourth-order valence-electron chi connectivity index (χ4n) is 4.03. The van der Waals surface area contributed by atoms with Crippen molar-refractivity contribution in [2.24, 2.45) is 7.05 Å². The average molecular weight is 385 g/mol. The van der Waals surface area contributed by atoms with Crippen LogP contribution in [0, 0.1) is 11.3 Å². The van der Waals surface area contributed by atoms with Crippen LogP contribution in [0.1, 0.15) is 12.0 Å². The number of anilines is 3. The first kappa shape index (κ1) is 17.3. The molecule has 3 aromatic rings. The van der Waals surface area contributed by atoms with Crippen LogP contribution >= 0.6 is 0 Å². The molecule has 8 nitrogen and oxygen atoms in total. The number of carbonyl (C=O) groups excluding carboxylic acids is 1. The third kappa shape index (κ3) is 2.97. The van der Waals surface area contributed by atoms with Gasteiger partial charge in [0.1, 0.15) is 0 Å². The number of urea groups is 1. The van der Waals surface area contributed by atoms with Gasteiger partial charge in [-0.1, -0.05) is 12.1 Å². The molecule has 1 fully saturated rings. The van der Waals surface area contributed by atoms with E-state index in [1.165, 1.54) is 0 Å². The summed E-state index contributed by atoms with van der Waals surface area (Å²) in [6.45, 7) is 1.70. The number of aromatic nitrogens is 3. The number of benzene rings is 1. The summed E-state index contributed by atoms with van der Waals surface area (Å²) in [6, 6.07) is 15.1. The number of nitrogens with one attached hydrogen (secondary N) is 1. The molecule has 29 heavy (non-hydrogen) atoms. The van der Waals surface area contributed by atoms with E-state index in [1.54, 1.807) is 27.9 Å². The monoisotopic (exact) mass is 385 g/mol. The van der Waals surface area contributed by atoms with Gasteiger partial charge in [-0.05, 0) is 30.7 Å². The Labute approximate surface area is 168 Å². The van der Waals surface area contributed by atoms with Gasteiger partial charge in [0.15, 0.2) is 11.6 Å². The zero-order valence-electron chi connectivity index (χ0n) is 15.9. The van der Waals surface area contributed by atoms with Crippen molar-refractivity contribution in [3.05, 3.63) is 54.2 Å². The van der Waals surface area contributed by atoms with Crippen molar-refractivity contribution in [2.75, 3.05) is 28.2 Å². The van der Waals surface area contributed by atoms with Crippen molar-refractivity contribution in [3.63, 3.8) is 0 Å². The number of aryl methyl sites for hydroxylation is 1. The van der Waals surface area contributed by atoms with Crippen molar-refractivity contribution in [3.8, 4) is 17.3 Å². The average Bonchev–Trinajstić information content (AvgIpc) is 3.34. The molecule has 0 radical (unpaired) electrons. The van der Waals surface area contributed by atoms with E-state index in [0.29, 0.717) is 17.2 Å². The number of hydrogen-bond acceptors (Lipinski definition) is 5. The molecule has 0 aliphatic carbocycles. The Morgan fingerprint density at radius 3 is 2.97 bits per heavy atom. The lowest BCUT2D eigenvalue weighted by Gasteiger charge is -2.35. The first-order chi connectivity index (χ1) is 14.1. The lowest BCUT2D eigenvalue weighted by molar-refractivity contribution is 0.254. The molecule has 2 aliphatic rings. The van der Waals surface area contributed by atoms with Gasteiger partial charge in [0, 0.05) is 38.0 Å². The summed E-state index contributed by atoms with van der Waals surface area (Å²) in [4.78, 5) is 22.0. The Morgan fingerprint density at radius 1 is 1.28 bits per heavy atom. The van der Waals surface area contributed by atoms with Crippen molar-refractivity contribution in [1.29, 1.82) is 5.26 Å². The number of fused-ring (bicyclic) bond motifs is 4. The van der Waals surface area contributed by atoms with E-state index in [1.807, 2.05) is 37.4 Å². The van der Waals surface area contributed by atoms with Gasteiger partial charge in [-0.3, -0.25) is 14.9 Å². The van der Waals surface area contributed by atoms with Crippen LogP contribution in [-0.4, -0.2) is 39.9 Å². The minimum Gasteiger partial charge on any atom is -0.366 e. The third-order valence-electron chi connectivity index (χ3n) is 5.41. The molecule has 1 aromatic carbocycles. The lowest BCUT2D eigenvalue weighted by Crippen LogP contribution is -2.48. The molecular formula is C21H19N7O. The molecule has 1 saturated heterocycles. The minimum atomic E-state index is -0.230. The number of nitriles is 1. The van der Waals surface area contributed by atoms with Gasteiger partial charge in [-0.15, -0.1) is 0 Å². The number of carbonyl (C=O) groups is 1. The summed E-state index contributed by atoms with van der Waals surface area (Å²) in [6.07, 6.45) is 2.68. The Kier molecular flexibility index (Phi) is 3.95. The summed E-state index contributed by atoms with van der Waals surface area (Å²) in [5, 5.41) is 16.3. The number of amides is 2. The van der Waals surface area contributed by atoms with Crippen molar-refractivity contribution >= 4 is 23.4 Å². The summed E-state index contributed by atoms with van der Waals surface area (Å²) >= 11 is 0. The molecule has 1 atom stereocenters. The second kappa shape index (κ2) is 6.63. The van der Waals surface area contributed by atoms with Gasteiger partial charge >= 0.3 is 6.03 Å². The van der Waals surface area contributed by atoms with Crippen LogP contribution in [0.15, 0.2) is 48.7 Å². The van der Waals surface area contributed by atoms with Gasteiger partial charge in [0.05, 0.1) is 29.1 Å². The molecule has 4 heterocycles. The van der Waals surface area contributed by atoms with Crippen molar-refractivity contribution in [2.45, 2.75) is 12.5 Å². The zero-order chi connectivity index (χ0) is 20.0. The molecular weight excluding hydrogens is 366 g/mol. The van der Waals surface area contributed by atoms with E-state index < -0.39 is 0 Å². The Hall–Kier alpha value is -3.86. The predicted molar refractivity (Wildman–Crippen MR) is 110 cm³/mol. The summed E-state index contributed by atoms with van der Waals surface area (Å²) in [5.41, 5.74) is 3.12. The molecule has 0 saturated carbocycles. The summed E-state index contributed by atoms with van der Waals surface area (Å²) < 4.78 is 1.65. The van der Waals surface area contributed by atoms with Gasteiger partial charge in [0.2, 0.25) is 0 Å². The summed E-state index contributed by atoms with van der Waals surface area (Å²) in [5.74, 6) is 1.16. The first-order valence-electron chi connectivity index (χ1n) is 9.49. The molecule has 1 N–H and O–H groups in total. The van der Waals surface area contributed by atoms with Crippen LogP contribution in [0.5, 0.6) is 0 Å². The molecule has 2 aromatic heterocycles. The minimum absolute atomic E-state index is 0.0689. The van der Waals surface area contributed by atoms with Crippen LogP contribution in [0.4, 0.5) is 22.1 Å². The third-order valence-corrected chi connectivity index (χ3v) is 5.41. The molecule has 0 spiro atoms. The molecule has 8 heteroatoms. The molecule has 144 valence electrons. The molecule has 5 rings (SSSR count). The fourth-order valence-corrected chi connectivity index (χ4v) is 4.03. The van der Waals surface area contributed by atoms with Gasteiger partial charge in [0.25, 0.3) is 0 Å². The standard InChI is InChI=1S/C21H19N7O/c1-26-9-8-19(25-26)24-21(29)28-16-7-10-27(13-16)18-6-5-17(23-20(18)28)15-4-2-3-14(11-15)12-22/h2-6,8-9,11,16H,7,10,13H2,1H3,(H,24,25,29)/t16-/m0/s1. The smallest absolute Gasteiger partial charge is 0.329 e. The normalized spacial score (nSPS) is 17.0. The van der Waals surface area contributed by atoms with E-state index in [0.717, 1.165) is 36.5 Å². The van der Waals surface area contributed by atoms with E-state index in [9.17, 15) is 10.1 Å². The van der Waals surface area contributed by atoms with Crippen LogP contribution in [-0.2, 0) is 7.05 Å². The highest BCUT2D eigenvalue weighted by Crippen LogP contribution is 2.40. The van der Waals surface area contributed by atoms with E-state index in [4.69, 9.17) is 4.98 Å². The van der Waals surface area contributed by atoms with E-state index in [2.05, 4.69) is 21.4 Å². The fraction of sp³-hybridized carbons (Fsp3) is 0.238. The Morgan fingerprint density at radius 2 is 2.17 bits per heavy atom. The quantitative estimate of drug-likeness (QED) is 0.732. The Bertz CT molecular complexity index is 1150. The molecule has 2 bridgehead atoms. The van der Waals surface area contributed by atoms with Gasteiger partial charge in [-0.25, -0.2) is 9.78 Å². The van der Waals surface area contributed by atoms with Crippen LogP contribution < -0.4 is 15.1 Å². The lowest BCUT2D eigenvalue weighted by atomic mass is 10.1. The SMILES string of the molecule is Cn1ccc(NC(=O)N2c3nc(-c4cccc(C#N)c4)ccc3N3CC[C@H]2C3)n1. The van der Waals surface area contributed by atoms with Crippen molar-refractivity contribution in [1.82, 2.24) is 14.8 Å². The number of hydrogen-bond donors (Lipinski definition) is 1. The number of nitrogens with zero attached hydrogens (tertiary/aromatic N) is 6. The highest BCUT2D eigenvalue weighted by Gasteiger charge is 2.40.